The maximum atomic E-state index is 15.0. The molecular weight excluding hydrogens is 468 g/mol. The molecule has 0 saturated carbocycles. The fourth-order valence-corrected chi connectivity index (χ4v) is 4.75. The summed E-state index contributed by atoms with van der Waals surface area (Å²) in [7, 11) is 3.23. The molecule has 2 N–H and O–H groups in total. The van der Waals surface area contributed by atoms with Crippen molar-refractivity contribution in [3.05, 3.63) is 60.3 Å². The predicted octanol–water partition coefficient (Wildman–Crippen LogP) is 2.55. The van der Waals surface area contributed by atoms with E-state index in [9.17, 15) is 9.18 Å². The predicted molar refractivity (Wildman–Crippen MR) is 130 cm³/mol. The molecule has 2 atom stereocenters. The lowest BCUT2D eigenvalue weighted by Crippen LogP contribution is -2.37. The Balaban J connectivity index is 1.59. The number of nitrogen functional groups attached to an aromatic ring is 1. The maximum absolute atomic E-state index is 15.0. The second-order valence-corrected chi connectivity index (χ2v) is 8.62. The van der Waals surface area contributed by atoms with Crippen molar-refractivity contribution in [1.82, 2.24) is 29.0 Å². The number of aryl methyl sites for hydroxylation is 1. The molecule has 4 heterocycles. The first-order valence-corrected chi connectivity index (χ1v) is 11.2. The van der Waals surface area contributed by atoms with E-state index in [4.69, 9.17) is 10.5 Å². The van der Waals surface area contributed by atoms with Gasteiger partial charge < -0.3 is 24.5 Å². The van der Waals surface area contributed by atoms with Crippen LogP contribution < -0.4 is 5.73 Å². The molecule has 0 aliphatic carbocycles. The summed E-state index contributed by atoms with van der Waals surface area (Å²) in [6.07, 6.45) is 6.36. The number of halogens is 2. The number of hydrogen-bond donors (Lipinski definition) is 1. The van der Waals surface area contributed by atoms with Gasteiger partial charge in [0, 0.05) is 33.0 Å². The first-order valence-electron chi connectivity index (χ1n) is 11.2. The number of nitrogens with two attached hydrogens (primary N) is 1. The number of aromatic nitrogens is 5. The van der Waals surface area contributed by atoms with Gasteiger partial charge in [0.2, 0.25) is 5.91 Å². The van der Waals surface area contributed by atoms with Crippen LogP contribution in [-0.2, 0) is 16.6 Å². The van der Waals surface area contributed by atoms with Crippen LogP contribution in [0.15, 0.2) is 37.6 Å². The fourth-order valence-electron chi connectivity index (χ4n) is 4.75. The van der Waals surface area contributed by atoms with E-state index in [0.29, 0.717) is 41.7 Å². The molecule has 9 nitrogen and oxygen atoms in total. The van der Waals surface area contributed by atoms with Gasteiger partial charge in [0.05, 0.1) is 47.0 Å². The minimum absolute atomic E-state index is 0.0376. The third-order valence-electron chi connectivity index (χ3n) is 6.48. The highest BCUT2D eigenvalue weighted by Gasteiger charge is 2.36. The second kappa shape index (κ2) is 9.05. The van der Waals surface area contributed by atoms with Crippen LogP contribution in [0.25, 0.3) is 22.1 Å². The molecule has 3 aromatic heterocycles. The lowest BCUT2D eigenvalue weighted by atomic mass is 10.1. The molecule has 5 rings (SSSR count). The first kappa shape index (κ1) is 23.4. The number of carbonyl (C=O) groups is 1. The molecule has 1 aromatic carbocycles. The SMILES string of the molecule is C=CC(=O)N1C[C@@H](n2cc(C#Cc3c(F)cc4c(ncn4C)c3F)c3c(N)ncnc32)C[C@@H]1COC. The van der Waals surface area contributed by atoms with Crippen LogP contribution in [0.4, 0.5) is 14.6 Å². The number of hydrogen-bond acceptors (Lipinski definition) is 6. The van der Waals surface area contributed by atoms with Gasteiger partial charge in [-0.05, 0) is 12.5 Å². The topological polar surface area (TPSA) is 104 Å². The van der Waals surface area contributed by atoms with Crippen molar-refractivity contribution in [3.8, 4) is 11.8 Å². The first-order chi connectivity index (χ1) is 17.3. The van der Waals surface area contributed by atoms with E-state index in [2.05, 4.69) is 33.4 Å². The molecule has 1 saturated heterocycles. The monoisotopic (exact) mass is 491 g/mol. The summed E-state index contributed by atoms with van der Waals surface area (Å²) in [5, 5.41) is 0.474. The Bertz CT molecular complexity index is 1580. The number of carbonyl (C=O) groups excluding carboxylic acids is 1. The highest BCUT2D eigenvalue weighted by atomic mass is 19.1. The Morgan fingerprint density at radius 2 is 2.14 bits per heavy atom. The van der Waals surface area contributed by atoms with Gasteiger partial charge >= 0.3 is 0 Å². The van der Waals surface area contributed by atoms with Crippen molar-refractivity contribution in [2.75, 3.05) is 26.0 Å². The van der Waals surface area contributed by atoms with E-state index in [1.165, 1.54) is 29.4 Å². The summed E-state index contributed by atoms with van der Waals surface area (Å²) < 4.78 is 38.5. The van der Waals surface area contributed by atoms with Crippen LogP contribution in [0.2, 0.25) is 0 Å². The molecule has 1 fully saturated rings. The van der Waals surface area contributed by atoms with E-state index in [0.717, 1.165) is 0 Å². The molecule has 36 heavy (non-hydrogen) atoms. The maximum Gasteiger partial charge on any atom is 0.246 e. The highest BCUT2D eigenvalue weighted by molar-refractivity contribution is 5.93. The molecule has 0 unspecified atom stereocenters. The number of fused-ring (bicyclic) bond motifs is 2. The minimum Gasteiger partial charge on any atom is -0.383 e. The van der Waals surface area contributed by atoms with Crippen molar-refractivity contribution in [1.29, 1.82) is 0 Å². The third kappa shape index (κ3) is 3.76. The van der Waals surface area contributed by atoms with Crippen molar-refractivity contribution >= 4 is 33.8 Å². The molecule has 0 radical (unpaired) electrons. The standard InChI is InChI=1S/C25H23F2N7O2/c1-4-20(35)33-10-15(7-16(33)11-36-3)34-9-14(21-24(28)29-12-30-25(21)34)5-6-17-18(26)8-19-23(22(17)27)31-13-32(19)2/h4,8-9,12-13,15-16H,1,7,10-11H2,2-3H3,(H2,28,29,30)/t15-,16+/m0/s1. The second-order valence-electron chi connectivity index (χ2n) is 8.62. The average Bonchev–Trinajstić information content (AvgIpc) is 3.55. The lowest BCUT2D eigenvalue weighted by Gasteiger charge is -2.22. The summed E-state index contributed by atoms with van der Waals surface area (Å²) in [6, 6.07) is 0.903. The van der Waals surface area contributed by atoms with E-state index in [-0.39, 0.29) is 34.9 Å². The van der Waals surface area contributed by atoms with Crippen molar-refractivity contribution < 1.29 is 18.3 Å². The van der Waals surface area contributed by atoms with Crippen LogP contribution in [0.3, 0.4) is 0 Å². The molecule has 0 spiro atoms. The molecule has 184 valence electrons. The molecule has 0 bridgehead atoms. The van der Waals surface area contributed by atoms with Crippen LogP contribution in [0.5, 0.6) is 0 Å². The van der Waals surface area contributed by atoms with Crippen molar-refractivity contribution in [2.24, 2.45) is 7.05 Å². The molecule has 1 amide bonds. The molecule has 1 aliphatic rings. The van der Waals surface area contributed by atoms with Gasteiger partial charge in [-0.2, -0.15) is 0 Å². The number of amides is 1. The van der Waals surface area contributed by atoms with E-state index in [1.54, 1.807) is 25.3 Å². The largest absolute Gasteiger partial charge is 0.383 e. The third-order valence-corrected chi connectivity index (χ3v) is 6.48. The Hall–Kier alpha value is -4.30. The number of imidazole rings is 1. The zero-order chi connectivity index (χ0) is 25.6. The Morgan fingerprint density at radius 3 is 2.89 bits per heavy atom. The number of nitrogens with zero attached hydrogens (tertiary/aromatic N) is 6. The van der Waals surface area contributed by atoms with Crippen LogP contribution >= 0.6 is 0 Å². The molecule has 1 aliphatic heterocycles. The number of rotatable bonds is 4. The zero-order valence-electron chi connectivity index (χ0n) is 19.7. The molecule has 4 aromatic rings. The summed E-state index contributed by atoms with van der Waals surface area (Å²) >= 11 is 0. The van der Waals surface area contributed by atoms with Gasteiger partial charge in [-0.15, -0.1) is 0 Å². The summed E-state index contributed by atoms with van der Waals surface area (Å²) in [4.78, 5) is 26.6. The van der Waals surface area contributed by atoms with Crippen LogP contribution in [0.1, 0.15) is 23.6 Å². The Labute approximate surface area is 205 Å². The molecule has 11 heteroatoms. The number of methoxy groups -OCH3 is 1. The lowest BCUT2D eigenvalue weighted by molar-refractivity contribution is -0.127. The average molecular weight is 492 g/mol. The summed E-state index contributed by atoms with van der Waals surface area (Å²) in [5.41, 5.74) is 7.07. The quantitative estimate of drug-likeness (QED) is 0.348. The van der Waals surface area contributed by atoms with Gasteiger partial charge in [0.1, 0.15) is 29.1 Å². The van der Waals surface area contributed by atoms with E-state index < -0.39 is 11.6 Å². The smallest absolute Gasteiger partial charge is 0.246 e. The van der Waals surface area contributed by atoms with Crippen molar-refractivity contribution in [2.45, 2.75) is 18.5 Å². The fraction of sp³-hybridized carbons (Fsp3) is 0.280. The normalized spacial score (nSPS) is 17.5. The Kier molecular flexibility index (Phi) is 5.89. The zero-order valence-corrected chi connectivity index (χ0v) is 19.7. The minimum atomic E-state index is -0.831. The van der Waals surface area contributed by atoms with Gasteiger partial charge in [-0.25, -0.2) is 23.7 Å². The van der Waals surface area contributed by atoms with Crippen LogP contribution in [-0.4, -0.2) is 61.2 Å². The highest BCUT2D eigenvalue weighted by Crippen LogP contribution is 2.33. The summed E-state index contributed by atoms with van der Waals surface area (Å²) in [5.74, 6) is 3.85. The number of ether oxygens (including phenoxy) is 1. The van der Waals surface area contributed by atoms with Crippen LogP contribution in [0, 0.1) is 23.5 Å². The number of benzene rings is 1. The van der Waals surface area contributed by atoms with Gasteiger partial charge in [-0.3, -0.25) is 4.79 Å². The van der Waals surface area contributed by atoms with Gasteiger partial charge in [0.15, 0.2) is 5.82 Å². The van der Waals surface area contributed by atoms with E-state index in [1.807, 2.05) is 4.57 Å². The number of likely N-dealkylation sites (tertiary alicyclic amines) is 1. The van der Waals surface area contributed by atoms with Gasteiger partial charge in [-0.1, -0.05) is 18.4 Å². The summed E-state index contributed by atoms with van der Waals surface area (Å²) in [6.45, 7) is 4.36. The molecular formula is C25H23F2N7O2. The Morgan fingerprint density at radius 1 is 1.33 bits per heavy atom. The van der Waals surface area contributed by atoms with E-state index >= 15 is 4.39 Å². The van der Waals surface area contributed by atoms with Crippen molar-refractivity contribution in [3.63, 3.8) is 0 Å². The van der Waals surface area contributed by atoms with Gasteiger partial charge in [0.25, 0.3) is 0 Å². The number of anilines is 1.